The van der Waals surface area contributed by atoms with E-state index in [0.717, 1.165) is 44.0 Å². The third-order valence-corrected chi connectivity index (χ3v) is 5.05. The lowest BCUT2D eigenvalue weighted by Crippen LogP contribution is -2.49. The van der Waals surface area contributed by atoms with Gasteiger partial charge in [0.25, 0.3) is 0 Å². The van der Waals surface area contributed by atoms with Gasteiger partial charge in [-0.2, -0.15) is 0 Å². The molecule has 1 N–H and O–H groups in total. The molecule has 0 aliphatic carbocycles. The van der Waals surface area contributed by atoms with E-state index in [4.69, 9.17) is 11.6 Å². The lowest BCUT2D eigenvalue weighted by Gasteiger charge is -2.39. The fraction of sp³-hybridized carbons (Fsp3) is 0.500. The van der Waals surface area contributed by atoms with Crippen LogP contribution in [-0.2, 0) is 6.42 Å². The molecule has 26 heavy (non-hydrogen) atoms. The molecular weight excluding hydrogens is 463 g/mol. The molecule has 2 unspecified atom stereocenters. The van der Waals surface area contributed by atoms with Crippen molar-refractivity contribution in [1.29, 1.82) is 0 Å². The van der Waals surface area contributed by atoms with Crippen LogP contribution in [0.4, 0.5) is 0 Å². The van der Waals surface area contributed by atoms with Gasteiger partial charge in [0.05, 0.1) is 12.4 Å². The van der Waals surface area contributed by atoms with Gasteiger partial charge in [0.1, 0.15) is 5.15 Å². The van der Waals surface area contributed by atoms with E-state index in [1.54, 1.807) is 0 Å². The van der Waals surface area contributed by atoms with Crippen LogP contribution >= 0.6 is 35.6 Å². The van der Waals surface area contributed by atoms with Crippen molar-refractivity contribution < 1.29 is 0 Å². The number of guanidine groups is 1. The van der Waals surface area contributed by atoms with Crippen molar-refractivity contribution in [3.63, 3.8) is 0 Å². The van der Waals surface area contributed by atoms with Crippen LogP contribution in [0, 0.1) is 5.92 Å². The zero-order valence-corrected chi connectivity index (χ0v) is 18.3. The van der Waals surface area contributed by atoms with E-state index in [2.05, 4.69) is 36.7 Å². The van der Waals surface area contributed by atoms with Crippen molar-refractivity contribution in [2.45, 2.75) is 25.8 Å². The maximum absolute atomic E-state index is 5.83. The van der Waals surface area contributed by atoms with Crippen molar-refractivity contribution in [3.8, 4) is 0 Å². The van der Waals surface area contributed by atoms with Crippen LogP contribution < -0.4 is 5.32 Å². The summed E-state index contributed by atoms with van der Waals surface area (Å²) in [6.07, 6.45) is 9.66. The first-order valence-corrected chi connectivity index (χ1v) is 9.08. The highest BCUT2D eigenvalue weighted by molar-refractivity contribution is 14.0. The Balaban J connectivity index is 0.00000243. The molecule has 3 rings (SSSR count). The van der Waals surface area contributed by atoms with Gasteiger partial charge < -0.3 is 14.8 Å². The molecule has 2 aromatic rings. The Morgan fingerprint density at radius 1 is 1.42 bits per heavy atom. The Labute approximate surface area is 177 Å². The van der Waals surface area contributed by atoms with Gasteiger partial charge >= 0.3 is 0 Å². The van der Waals surface area contributed by atoms with E-state index in [1.165, 1.54) is 0 Å². The highest BCUT2D eigenvalue weighted by Crippen LogP contribution is 2.27. The zero-order valence-electron chi connectivity index (χ0n) is 15.2. The number of pyridine rings is 1. The van der Waals surface area contributed by atoms with E-state index in [9.17, 15) is 0 Å². The molecule has 0 radical (unpaired) electrons. The lowest BCUT2D eigenvalue weighted by atomic mass is 9.93. The summed E-state index contributed by atoms with van der Waals surface area (Å²) in [4.78, 5) is 15.1. The molecule has 1 fully saturated rings. The van der Waals surface area contributed by atoms with Gasteiger partial charge in [-0.25, -0.2) is 9.97 Å². The first kappa shape index (κ1) is 21.0. The molecule has 1 saturated heterocycles. The zero-order chi connectivity index (χ0) is 17.6. The molecule has 0 aromatic carbocycles. The number of imidazole rings is 1. The summed E-state index contributed by atoms with van der Waals surface area (Å²) < 4.78 is 2.21. The number of nitrogens with zero attached hydrogens (tertiary/aromatic N) is 5. The average molecular weight is 489 g/mol. The van der Waals surface area contributed by atoms with Gasteiger partial charge in [0.15, 0.2) is 5.96 Å². The van der Waals surface area contributed by atoms with E-state index in [0.29, 0.717) is 17.1 Å². The smallest absolute Gasteiger partial charge is 0.193 e. The summed E-state index contributed by atoms with van der Waals surface area (Å²) in [6, 6.07) is 4.26. The van der Waals surface area contributed by atoms with Gasteiger partial charge in [0.2, 0.25) is 0 Å². The normalized spacial score (nSPS) is 20.6. The highest BCUT2D eigenvalue weighted by atomic mass is 127. The number of hydrogen-bond donors (Lipinski definition) is 1. The standard InChI is InChI=1S/C18H25ClN6.HI/c1-14-6-9-24(12-16(14)25-10-8-21-13-25)18(20-2)22-7-5-15-3-4-17(19)23-11-15;/h3-4,8,10-11,13-14,16H,5-7,9,12H2,1-2H3,(H,20,22);1H. The number of hydrogen-bond acceptors (Lipinski definition) is 3. The Morgan fingerprint density at radius 2 is 2.27 bits per heavy atom. The summed E-state index contributed by atoms with van der Waals surface area (Å²) in [6.45, 7) is 5.09. The molecule has 1 aliphatic rings. The van der Waals surface area contributed by atoms with Gasteiger partial charge in [-0.3, -0.25) is 4.99 Å². The largest absolute Gasteiger partial charge is 0.356 e. The SMILES string of the molecule is CN=C(NCCc1ccc(Cl)nc1)N1CCC(C)C(n2ccnc2)C1.I. The minimum atomic E-state index is 0. The number of nitrogens with one attached hydrogen (secondary N) is 1. The third-order valence-electron chi connectivity index (χ3n) is 4.82. The predicted octanol–water partition coefficient (Wildman–Crippen LogP) is 3.25. The Morgan fingerprint density at radius 3 is 2.92 bits per heavy atom. The van der Waals surface area contributed by atoms with Crippen LogP contribution in [0.3, 0.4) is 0 Å². The minimum absolute atomic E-state index is 0. The number of aliphatic imine (C=N–C) groups is 1. The fourth-order valence-corrected chi connectivity index (χ4v) is 3.41. The summed E-state index contributed by atoms with van der Waals surface area (Å²) in [5.41, 5.74) is 1.16. The molecule has 2 aromatic heterocycles. The van der Waals surface area contributed by atoms with Crippen LogP contribution in [0.15, 0.2) is 42.0 Å². The second-order valence-electron chi connectivity index (χ2n) is 6.50. The molecule has 142 valence electrons. The maximum atomic E-state index is 5.83. The third kappa shape index (κ3) is 5.33. The summed E-state index contributed by atoms with van der Waals surface area (Å²) >= 11 is 5.83. The van der Waals surface area contributed by atoms with E-state index < -0.39 is 0 Å². The van der Waals surface area contributed by atoms with Gasteiger partial charge in [-0.15, -0.1) is 24.0 Å². The van der Waals surface area contributed by atoms with Crippen LogP contribution in [0.5, 0.6) is 0 Å². The molecule has 1 aliphatic heterocycles. The Bertz CT molecular complexity index is 688. The number of halogens is 2. The molecule has 0 spiro atoms. The molecule has 0 saturated carbocycles. The lowest BCUT2D eigenvalue weighted by molar-refractivity contribution is 0.189. The first-order chi connectivity index (χ1) is 12.2. The minimum Gasteiger partial charge on any atom is -0.356 e. The van der Waals surface area contributed by atoms with Crippen LogP contribution in [-0.4, -0.2) is 52.1 Å². The average Bonchev–Trinajstić information content (AvgIpc) is 3.15. The van der Waals surface area contributed by atoms with Crippen LogP contribution in [0.2, 0.25) is 5.15 Å². The maximum Gasteiger partial charge on any atom is 0.193 e. The van der Waals surface area contributed by atoms with Gasteiger partial charge in [0, 0.05) is 45.3 Å². The molecule has 8 heteroatoms. The van der Waals surface area contributed by atoms with Crippen molar-refractivity contribution in [2.24, 2.45) is 10.9 Å². The Hall–Kier alpha value is -1.35. The second-order valence-corrected chi connectivity index (χ2v) is 6.89. The predicted molar refractivity (Wildman–Crippen MR) is 116 cm³/mol. The molecule has 0 amide bonds. The fourth-order valence-electron chi connectivity index (χ4n) is 3.30. The molecular formula is C18H26ClIN6. The number of piperidine rings is 1. The van der Waals surface area contributed by atoms with Crippen LogP contribution in [0.1, 0.15) is 24.9 Å². The number of rotatable bonds is 4. The summed E-state index contributed by atoms with van der Waals surface area (Å²) in [7, 11) is 1.84. The van der Waals surface area contributed by atoms with Crippen molar-refractivity contribution >= 4 is 41.5 Å². The van der Waals surface area contributed by atoms with E-state index in [-0.39, 0.29) is 24.0 Å². The molecule has 6 nitrogen and oxygen atoms in total. The number of aromatic nitrogens is 3. The van der Waals surface area contributed by atoms with Gasteiger partial charge in [-0.1, -0.05) is 24.6 Å². The van der Waals surface area contributed by atoms with Crippen molar-refractivity contribution in [2.75, 3.05) is 26.7 Å². The highest BCUT2D eigenvalue weighted by Gasteiger charge is 2.28. The topological polar surface area (TPSA) is 58.3 Å². The van der Waals surface area contributed by atoms with Crippen molar-refractivity contribution in [3.05, 3.63) is 47.8 Å². The van der Waals surface area contributed by atoms with Crippen LogP contribution in [0.25, 0.3) is 0 Å². The van der Waals surface area contributed by atoms with Crippen molar-refractivity contribution in [1.82, 2.24) is 24.8 Å². The second kappa shape index (κ2) is 10.1. The molecule has 0 bridgehead atoms. The monoisotopic (exact) mass is 488 g/mol. The summed E-state index contributed by atoms with van der Waals surface area (Å²) in [5.74, 6) is 1.59. The number of likely N-dealkylation sites (tertiary alicyclic amines) is 1. The first-order valence-electron chi connectivity index (χ1n) is 8.71. The van der Waals surface area contributed by atoms with E-state index >= 15 is 0 Å². The summed E-state index contributed by atoms with van der Waals surface area (Å²) in [5, 5.41) is 4.00. The Kier molecular flexibility index (Phi) is 8.15. The van der Waals surface area contributed by atoms with E-state index in [1.807, 2.05) is 44.1 Å². The molecule has 2 atom stereocenters. The van der Waals surface area contributed by atoms with Gasteiger partial charge in [-0.05, 0) is 30.4 Å². The quantitative estimate of drug-likeness (QED) is 0.311. The molecule has 3 heterocycles.